The van der Waals surface area contributed by atoms with Crippen molar-refractivity contribution in [3.63, 3.8) is 0 Å². The maximum Gasteiger partial charge on any atom is 0.222 e. The third-order valence-corrected chi connectivity index (χ3v) is 5.24. The number of carbonyl (C=O) groups is 1. The highest BCUT2D eigenvalue weighted by atomic mass is 35.5. The van der Waals surface area contributed by atoms with Gasteiger partial charge in [-0.05, 0) is 49.3 Å². The SMILES string of the molecule is NC(=O)[C@H]1CCCN(C(=S)NCCSc2ccc(Cl)cc2)C1. The summed E-state index contributed by atoms with van der Waals surface area (Å²) in [5.41, 5.74) is 5.38. The fourth-order valence-corrected chi connectivity index (χ4v) is 3.53. The fraction of sp³-hybridized carbons (Fsp3) is 0.467. The van der Waals surface area contributed by atoms with Gasteiger partial charge >= 0.3 is 0 Å². The number of nitrogens with zero attached hydrogens (tertiary/aromatic N) is 1. The van der Waals surface area contributed by atoms with Crippen molar-refractivity contribution in [1.29, 1.82) is 0 Å². The number of thioether (sulfide) groups is 1. The predicted octanol–water partition coefficient (Wildman–Crippen LogP) is 2.50. The van der Waals surface area contributed by atoms with Gasteiger partial charge in [-0.1, -0.05) is 11.6 Å². The lowest BCUT2D eigenvalue weighted by Crippen LogP contribution is -2.48. The summed E-state index contributed by atoms with van der Waals surface area (Å²) >= 11 is 13.0. The molecule has 0 saturated carbocycles. The molecule has 0 unspecified atom stereocenters. The second kappa shape index (κ2) is 8.60. The zero-order valence-electron chi connectivity index (χ0n) is 12.3. The van der Waals surface area contributed by atoms with E-state index < -0.39 is 0 Å². The van der Waals surface area contributed by atoms with Crippen LogP contribution in [0, 0.1) is 5.92 Å². The fourth-order valence-electron chi connectivity index (χ4n) is 2.36. The third kappa shape index (κ3) is 5.34. The summed E-state index contributed by atoms with van der Waals surface area (Å²) < 4.78 is 0. The molecule has 4 nitrogen and oxygen atoms in total. The molecule has 120 valence electrons. The standard InChI is InChI=1S/C15H20ClN3OS2/c16-12-3-5-13(6-4-12)22-9-7-18-15(21)19-8-1-2-11(10-19)14(17)20/h3-6,11H,1-2,7-10H2,(H2,17,20)(H,18,21)/t11-/m0/s1. The van der Waals surface area contributed by atoms with E-state index in [0.29, 0.717) is 11.7 Å². The number of rotatable bonds is 5. The predicted molar refractivity (Wildman–Crippen MR) is 96.3 cm³/mol. The molecule has 0 radical (unpaired) electrons. The first-order valence-corrected chi connectivity index (χ1v) is 9.04. The van der Waals surface area contributed by atoms with Crippen LogP contribution in [0.15, 0.2) is 29.2 Å². The Balaban J connectivity index is 1.69. The molecular formula is C15H20ClN3OS2. The monoisotopic (exact) mass is 357 g/mol. The van der Waals surface area contributed by atoms with Crippen LogP contribution in [0.2, 0.25) is 5.02 Å². The van der Waals surface area contributed by atoms with Crippen molar-refractivity contribution < 1.29 is 4.79 Å². The van der Waals surface area contributed by atoms with E-state index in [1.54, 1.807) is 11.8 Å². The van der Waals surface area contributed by atoms with Gasteiger partial charge in [0, 0.05) is 35.3 Å². The number of amides is 1. The molecule has 1 atom stereocenters. The van der Waals surface area contributed by atoms with Gasteiger partial charge in [-0.15, -0.1) is 11.8 Å². The largest absolute Gasteiger partial charge is 0.369 e. The lowest BCUT2D eigenvalue weighted by Gasteiger charge is -2.33. The number of piperidine rings is 1. The molecule has 1 amide bonds. The van der Waals surface area contributed by atoms with Crippen molar-refractivity contribution in [2.75, 3.05) is 25.4 Å². The second-order valence-electron chi connectivity index (χ2n) is 5.22. The first-order valence-electron chi connectivity index (χ1n) is 7.26. The number of hydrogen-bond acceptors (Lipinski definition) is 3. The van der Waals surface area contributed by atoms with E-state index in [1.807, 2.05) is 29.2 Å². The highest BCUT2D eigenvalue weighted by molar-refractivity contribution is 7.99. The molecule has 2 rings (SSSR count). The number of likely N-dealkylation sites (tertiary alicyclic amines) is 1. The van der Waals surface area contributed by atoms with E-state index in [2.05, 4.69) is 5.32 Å². The summed E-state index contributed by atoms with van der Waals surface area (Å²) in [5.74, 6) is 0.595. The Kier molecular flexibility index (Phi) is 6.79. The Morgan fingerprint density at radius 2 is 2.18 bits per heavy atom. The number of primary amides is 1. The minimum atomic E-state index is -0.231. The van der Waals surface area contributed by atoms with Crippen molar-refractivity contribution >= 4 is 46.6 Å². The molecule has 3 N–H and O–H groups in total. The van der Waals surface area contributed by atoms with Gasteiger partial charge in [-0.3, -0.25) is 4.79 Å². The number of halogens is 1. The van der Waals surface area contributed by atoms with Gasteiger partial charge in [-0.25, -0.2) is 0 Å². The quantitative estimate of drug-likeness (QED) is 0.481. The molecule has 1 heterocycles. The Hall–Kier alpha value is -0.980. The molecule has 1 aliphatic rings. The van der Waals surface area contributed by atoms with E-state index in [-0.39, 0.29) is 11.8 Å². The summed E-state index contributed by atoms with van der Waals surface area (Å²) in [6.07, 6.45) is 1.82. The van der Waals surface area contributed by atoms with E-state index >= 15 is 0 Å². The molecule has 0 bridgehead atoms. The van der Waals surface area contributed by atoms with Crippen LogP contribution in [-0.4, -0.2) is 41.3 Å². The first-order chi connectivity index (χ1) is 10.6. The Bertz CT molecular complexity index is 524. The van der Waals surface area contributed by atoms with Gasteiger partial charge in [-0.2, -0.15) is 0 Å². The van der Waals surface area contributed by atoms with E-state index in [9.17, 15) is 4.79 Å². The zero-order valence-corrected chi connectivity index (χ0v) is 14.6. The van der Waals surface area contributed by atoms with Gasteiger partial charge < -0.3 is 16.0 Å². The average molecular weight is 358 g/mol. The average Bonchev–Trinajstić information content (AvgIpc) is 2.53. The Morgan fingerprint density at radius 1 is 1.45 bits per heavy atom. The van der Waals surface area contributed by atoms with Crippen molar-refractivity contribution in [3.8, 4) is 0 Å². The van der Waals surface area contributed by atoms with E-state index in [4.69, 9.17) is 29.6 Å². The smallest absolute Gasteiger partial charge is 0.222 e. The maximum absolute atomic E-state index is 11.3. The van der Waals surface area contributed by atoms with Crippen LogP contribution in [0.5, 0.6) is 0 Å². The minimum Gasteiger partial charge on any atom is -0.369 e. The molecule has 22 heavy (non-hydrogen) atoms. The molecule has 1 aromatic rings. The van der Waals surface area contributed by atoms with Crippen LogP contribution < -0.4 is 11.1 Å². The van der Waals surface area contributed by atoms with Crippen LogP contribution >= 0.6 is 35.6 Å². The number of nitrogens with one attached hydrogen (secondary N) is 1. The molecule has 0 aliphatic carbocycles. The summed E-state index contributed by atoms with van der Waals surface area (Å²) in [5, 5.41) is 4.71. The molecule has 1 saturated heterocycles. The van der Waals surface area contributed by atoms with Crippen LogP contribution in [0.1, 0.15) is 12.8 Å². The topological polar surface area (TPSA) is 58.4 Å². The molecule has 1 aliphatic heterocycles. The lowest BCUT2D eigenvalue weighted by atomic mass is 9.98. The summed E-state index contributed by atoms with van der Waals surface area (Å²) in [4.78, 5) is 14.5. The van der Waals surface area contributed by atoms with Gasteiger partial charge in [0.2, 0.25) is 5.91 Å². The van der Waals surface area contributed by atoms with Gasteiger partial charge in [0.1, 0.15) is 0 Å². The molecular weight excluding hydrogens is 338 g/mol. The maximum atomic E-state index is 11.3. The minimum absolute atomic E-state index is 0.0862. The van der Waals surface area contributed by atoms with Crippen LogP contribution in [0.25, 0.3) is 0 Å². The number of benzene rings is 1. The molecule has 1 aromatic carbocycles. The first kappa shape index (κ1) is 17.4. The second-order valence-corrected chi connectivity index (χ2v) is 7.21. The lowest BCUT2D eigenvalue weighted by molar-refractivity contribution is -0.122. The van der Waals surface area contributed by atoms with Crippen LogP contribution in [-0.2, 0) is 4.79 Å². The van der Waals surface area contributed by atoms with E-state index in [1.165, 1.54) is 4.90 Å². The third-order valence-electron chi connectivity index (χ3n) is 3.57. The summed E-state index contributed by atoms with van der Waals surface area (Å²) in [7, 11) is 0. The van der Waals surface area contributed by atoms with Crippen molar-refractivity contribution in [2.45, 2.75) is 17.7 Å². The van der Waals surface area contributed by atoms with Crippen LogP contribution in [0.3, 0.4) is 0 Å². The number of hydrogen-bond donors (Lipinski definition) is 2. The molecule has 0 spiro atoms. The van der Waals surface area contributed by atoms with Gasteiger partial charge in [0.05, 0.1) is 5.92 Å². The molecule has 1 fully saturated rings. The highest BCUT2D eigenvalue weighted by Gasteiger charge is 2.25. The van der Waals surface area contributed by atoms with Crippen LogP contribution in [0.4, 0.5) is 0 Å². The Labute approximate surface area is 145 Å². The summed E-state index contributed by atoms with van der Waals surface area (Å²) in [6.45, 7) is 2.30. The number of nitrogens with two attached hydrogens (primary N) is 1. The number of carbonyl (C=O) groups excluding carboxylic acids is 1. The van der Waals surface area contributed by atoms with Crippen molar-refractivity contribution in [3.05, 3.63) is 29.3 Å². The Morgan fingerprint density at radius 3 is 2.86 bits per heavy atom. The normalized spacial score (nSPS) is 18.0. The van der Waals surface area contributed by atoms with Gasteiger partial charge in [0.15, 0.2) is 5.11 Å². The van der Waals surface area contributed by atoms with Gasteiger partial charge in [0.25, 0.3) is 0 Å². The van der Waals surface area contributed by atoms with E-state index in [0.717, 1.165) is 36.7 Å². The molecule has 7 heteroatoms. The van der Waals surface area contributed by atoms with Crippen molar-refractivity contribution in [2.24, 2.45) is 11.7 Å². The van der Waals surface area contributed by atoms with Crippen molar-refractivity contribution in [1.82, 2.24) is 10.2 Å². The molecule has 0 aromatic heterocycles. The summed E-state index contributed by atoms with van der Waals surface area (Å²) in [6, 6.07) is 7.79. The number of thiocarbonyl (C=S) groups is 1. The zero-order chi connectivity index (χ0) is 15.9. The highest BCUT2D eigenvalue weighted by Crippen LogP contribution is 2.20.